The van der Waals surface area contributed by atoms with E-state index in [1.54, 1.807) is 13.0 Å². The molecular weight excluding hydrogens is 301 g/mol. The first-order valence-corrected chi connectivity index (χ1v) is 6.26. The Labute approximate surface area is 124 Å². The molecule has 3 N–H and O–H groups in total. The molecule has 1 aromatic heterocycles. The SMILES string of the molecule is Cc1ccc(C(F)(F)F)cc1Nc1nnccc1C(N)=S. The van der Waals surface area contributed by atoms with Crippen LogP contribution in [0.5, 0.6) is 0 Å². The molecule has 0 saturated carbocycles. The fourth-order valence-electron chi connectivity index (χ4n) is 1.68. The molecule has 2 rings (SSSR count). The number of alkyl halides is 3. The Morgan fingerprint density at radius 2 is 2.00 bits per heavy atom. The van der Waals surface area contributed by atoms with Gasteiger partial charge in [0.05, 0.1) is 17.3 Å². The molecule has 0 aliphatic rings. The zero-order valence-corrected chi connectivity index (χ0v) is 11.7. The van der Waals surface area contributed by atoms with Crippen LogP contribution in [0.15, 0.2) is 30.5 Å². The van der Waals surface area contributed by atoms with Crippen LogP contribution in [0.3, 0.4) is 0 Å². The lowest BCUT2D eigenvalue weighted by Crippen LogP contribution is -2.14. The van der Waals surface area contributed by atoms with Gasteiger partial charge in [-0.2, -0.15) is 18.3 Å². The van der Waals surface area contributed by atoms with Gasteiger partial charge in [-0.3, -0.25) is 0 Å². The Balaban J connectivity index is 2.43. The van der Waals surface area contributed by atoms with Crippen molar-refractivity contribution in [2.45, 2.75) is 13.1 Å². The third-order valence-electron chi connectivity index (χ3n) is 2.80. The number of halogens is 3. The molecule has 1 heterocycles. The second-order valence-electron chi connectivity index (χ2n) is 4.31. The first kappa shape index (κ1) is 15.2. The van der Waals surface area contributed by atoms with E-state index in [1.165, 1.54) is 12.3 Å². The van der Waals surface area contributed by atoms with E-state index in [0.717, 1.165) is 12.1 Å². The fourth-order valence-corrected chi connectivity index (χ4v) is 1.85. The maximum Gasteiger partial charge on any atom is 0.416 e. The summed E-state index contributed by atoms with van der Waals surface area (Å²) in [6.45, 7) is 1.68. The van der Waals surface area contributed by atoms with Crippen LogP contribution in [0.4, 0.5) is 24.7 Å². The molecule has 0 spiro atoms. The number of hydrogen-bond donors (Lipinski definition) is 2. The van der Waals surface area contributed by atoms with E-state index in [1.807, 2.05) is 0 Å². The van der Waals surface area contributed by atoms with Gasteiger partial charge >= 0.3 is 6.18 Å². The number of hydrogen-bond acceptors (Lipinski definition) is 4. The minimum atomic E-state index is -4.42. The van der Waals surface area contributed by atoms with Crippen LogP contribution in [0.1, 0.15) is 16.7 Å². The van der Waals surface area contributed by atoms with Crippen molar-refractivity contribution in [2.75, 3.05) is 5.32 Å². The summed E-state index contributed by atoms with van der Waals surface area (Å²) in [7, 11) is 0. The van der Waals surface area contributed by atoms with Crippen LogP contribution in [0, 0.1) is 6.92 Å². The molecule has 2 aromatic rings. The highest BCUT2D eigenvalue weighted by Crippen LogP contribution is 2.33. The van der Waals surface area contributed by atoms with E-state index in [4.69, 9.17) is 18.0 Å². The number of rotatable bonds is 3. The summed E-state index contributed by atoms with van der Waals surface area (Å²) < 4.78 is 38.2. The second kappa shape index (κ2) is 5.65. The van der Waals surface area contributed by atoms with Gasteiger partial charge in [0, 0.05) is 5.69 Å². The number of aryl methyl sites for hydroxylation is 1. The van der Waals surface area contributed by atoms with Crippen LogP contribution in [0.2, 0.25) is 0 Å². The van der Waals surface area contributed by atoms with E-state index in [9.17, 15) is 13.2 Å². The highest BCUT2D eigenvalue weighted by molar-refractivity contribution is 7.80. The number of anilines is 2. The Hall–Kier alpha value is -2.22. The Kier molecular flexibility index (Phi) is 4.08. The standard InChI is InChI=1S/C13H11F3N4S/c1-7-2-3-8(13(14,15)16)6-10(7)19-12-9(11(17)21)4-5-18-20-12/h2-6H,1H3,(H2,17,21)(H,19,20). The number of nitrogens with zero attached hydrogens (tertiary/aromatic N) is 2. The van der Waals surface area contributed by atoms with Crippen LogP contribution < -0.4 is 11.1 Å². The van der Waals surface area contributed by atoms with Crippen molar-refractivity contribution >= 4 is 28.7 Å². The monoisotopic (exact) mass is 312 g/mol. The summed E-state index contributed by atoms with van der Waals surface area (Å²) in [6, 6.07) is 4.95. The fraction of sp³-hybridized carbons (Fsp3) is 0.154. The topological polar surface area (TPSA) is 63.8 Å². The van der Waals surface area contributed by atoms with E-state index >= 15 is 0 Å². The van der Waals surface area contributed by atoms with E-state index in [2.05, 4.69) is 15.5 Å². The molecule has 8 heteroatoms. The summed E-state index contributed by atoms with van der Waals surface area (Å²) >= 11 is 4.87. The van der Waals surface area contributed by atoms with Gasteiger partial charge in [0.25, 0.3) is 0 Å². The zero-order chi connectivity index (χ0) is 15.6. The molecule has 0 aliphatic heterocycles. The van der Waals surface area contributed by atoms with Crippen molar-refractivity contribution in [1.82, 2.24) is 10.2 Å². The molecule has 110 valence electrons. The van der Waals surface area contributed by atoms with Crippen LogP contribution in [-0.2, 0) is 6.18 Å². The number of thiocarbonyl (C=S) groups is 1. The molecule has 1 aromatic carbocycles. The molecule has 4 nitrogen and oxygen atoms in total. The Morgan fingerprint density at radius 3 is 2.62 bits per heavy atom. The van der Waals surface area contributed by atoms with Gasteiger partial charge in [-0.15, -0.1) is 5.10 Å². The molecule has 0 saturated heterocycles. The number of benzene rings is 1. The first-order chi connectivity index (χ1) is 9.79. The quantitative estimate of drug-likeness (QED) is 0.852. The smallest absolute Gasteiger partial charge is 0.389 e. The van der Waals surface area contributed by atoms with Gasteiger partial charge in [0.2, 0.25) is 0 Å². The van der Waals surface area contributed by atoms with Crippen molar-refractivity contribution < 1.29 is 13.2 Å². The second-order valence-corrected chi connectivity index (χ2v) is 4.75. The number of nitrogens with two attached hydrogens (primary N) is 1. The molecule has 0 radical (unpaired) electrons. The predicted molar refractivity (Wildman–Crippen MR) is 77.4 cm³/mol. The van der Waals surface area contributed by atoms with Crippen LogP contribution in [0.25, 0.3) is 0 Å². The summed E-state index contributed by atoms with van der Waals surface area (Å²) in [5, 5.41) is 10.3. The van der Waals surface area contributed by atoms with Crippen molar-refractivity contribution in [2.24, 2.45) is 5.73 Å². The normalized spacial score (nSPS) is 11.2. The molecule has 0 amide bonds. The lowest BCUT2D eigenvalue weighted by Gasteiger charge is -2.14. The third kappa shape index (κ3) is 3.46. The van der Waals surface area contributed by atoms with Gasteiger partial charge in [-0.05, 0) is 30.7 Å². The largest absolute Gasteiger partial charge is 0.416 e. The highest BCUT2D eigenvalue weighted by atomic mass is 32.1. The molecule has 0 fully saturated rings. The molecule has 0 atom stereocenters. The number of nitrogens with one attached hydrogen (secondary N) is 1. The summed E-state index contributed by atoms with van der Waals surface area (Å²) in [5.74, 6) is 0.215. The maximum atomic E-state index is 12.7. The van der Waals surface area contributed by atoms with Gasteiger partial charge in [-0.1, -0.05) is 18.3 Å². The van der Waals surface area contributed by atoms with Crippen molar-refractivity contribution in [3.8, 4) is 0 Å². The van der Waals surface area contributed by atoms with Crippen molar-refractivity contribution in [3.05, 3.63) is 47.2 Å². The van der Waals surface area contributed by atoms with Crippen LogP contribution in [-0.4, -0.2) is 15.2 Å². The van der Waals surface area contributed by atoms with Crippen molar-refractivity contribution in [1.29, 1.82) is 0 Å². The third-order valence-corrected chi connectivity index (χ3v) is 3.02. The number of aromatic nitrogens is 2. The maximum absolute atomic E-state index is 12.7. The van der Waals surface area contributed by atoms with Crippen molar-refractivity contribution in [3.63, 3.8) is 0 Å². The molecule has 21 heavy (non-hydrogen) atoms. The van der Waals surface area contributed by atoms with Crippen LogP contribution >= 0.6 is 12.2 Å². The highest BCUT2D eigenvalue weighted by Gasteiger charge is 2.30. The Bertz CT molecular complexity index is 685. The molecule has 0 bridgehead atoms. The van der Waals surface area contributed by atoms with Gasteiger partial charge in [0.1, 0.15) is 4.99 Å². The minimum Gasteiger partial charge on any atom is -0.389 e. The van der Waals surface area contributed by atoms with Gasteiger partial charge < -0.3 is 11.1 Å². The Morgan fingerprint density at radius 1 is 1.29 bits per heavy atom. The average molecular weight is 312 g/mol. The summed E-state index contributed by atoms with van der Waals surface area (Å²) in [6.07, 6.45) is -3.02. The van der Waals surface area contributed by atoms with Gasteiger partial charge in [-0.25, -0.2) is 0 Å². The summed E-state index contributed by atoms with van der Waals surface area (Å²) in [5.41, 5.74) is 6.10. The minimum absolute atomic E-state index is 0.0806. The van der Waals surface area contributed by atoms with E-state index in [0.29, 0.717) is 11.1 Å². The lowest BCUT2D eigenvalue weighted by molar-refractivity contribution is -0.137. The zero-order valence-electron chi connectivity index (χ0n) is 10.9. The lowest BCUT2D eigenvalue weighted by atomic mass is 10.1. The molecule has 0 aliphatic carbocycles. The van der Waals surface area contributed by atoms with E-state index < -0.39 is 11.7 Å². The van der Waals surface area contributed by atoms with Gasteiger partial charge in [0.15, 0.2) is 5.82 Å². The predicted octanol–water partition coefficient (Wildman–Crippen LogP) is 3.18. The molecular formula is C13H11F3N4S. The van der Waals surface area contributed by atoms with E-state index in [-0.39, 0.29) is 16.5 Å². The molecule has 0 unspecified atom stereocenters. The average Bonchev–Trinajstić information content (AvgIpc) is 2.40. The summed E-state index contributed by atoms with van der Waals surface area (Å²) in [4.78, 5) is 0.0806. The first-order valence-electron chi connectivity index (χ1n) is 5.85.